The molecule has 0 saturated heterocycles. The van der Waals surface area contributed by atoms with Crippen molar-refractivity contribution in [3.8, 4) is 39.3 Å². The number of para-hydroxylation sites is 4. The van der Waals surface area contributed by atoms with E-state index in [4.69, 9.17) is 9.97 Å². The van der Waals surface area contributed by atoms with Crippen LogP contribution in [0.2, 0.25) is 0 Å². The maximum atomic E-state index is 5.49. The minimum absolute atomic E-state index is 0.411. The highest BCUT2D eigenvalue weighted by molar-refractivity contribution is 6.23. The van der Waals surface area contributed by atoms with Crippen LogP contribution in [0.15, 0.2) is 194 Å². The second-order valence-corrected chi connectivity index (χ2v) is 16.0. The summed E-state index contributed by atoms with van der Waals surface area (Å²) < 4.78 is 4.64. The van der Waals surface area contributed by atoms with Gasteiger partial charge in [0.15, 0.2) is 0 Å². The molecular formula is C55H32N4. The Bertz CT molecular complexity index is 3760. The predicted molar refractivity (Wildman–Crippen MR) is 242 cm³/mol. The van der Waals surface area contributed by atoms with Crippen LogP contribution in [0.25, 0.3) is 99.5 Å². The molecule has 0 saturated carbocycles. The number of hydrogen-bond acceptors (Lipinski definition) is 2. The largest absolute Gasteiger partial charge is 0.278 e. The summed E-state index contributed by atoms with van der Waals surface area (Å²) in [7, 11) is 0. The van der Waals surface area contributed by atoms with Crippen molar-refractivity contribution in [1.82, 2.24) is 18.9 Å². The van der Waals surface area contributed by atoms with Crippen LogP contribution < -0.4 is 0 Å². The molecule has 0 bridgehead atoms. The van der Waals surface area contributed by atoms with Crippen LogP contribution in [0.4, 0.5) is 0 Å². The van der Waals surface area contributed by atoms with E-state index in [1.54, 1.807) is 0 Å². The molecule has 2 aliphatic rings. The molecule has 0 unspecified atom stereocenters. The van der Waals surface area contributed by atoms with Crippen LogP contribution in [0.5, 0.6) is 0 Å². The number of fused-ring (bicyclic) bond motifs is 20. The molecule has 59 heavy (non-hydrogen) atoms. The molecule has 9 aromatic carbocycles. The molecule has 0 aliphatic heterocycles. The summed E-state index contributed by atoms with van der Waals surface area (Å²) in [5, 5.41) is 5.79. The molecule has 0 fully saturated rings. The van der Waals surface area contributed by atoms with E-state index in [2.05, 4.69) is 203 Å². The molecule has 0 amide bonds. The highest BCUT2D eigenvalue weighted by atomic mass is 15.2. The highest BCUT2D eigenvalue weighted by Gasteiger charge is 2.52. The fraction of sp³-hybridized carbons (Fsp3) is 0.0182. The highest BCUT2D eigenvalue weighted by Crippen LogP contribution is 2.64. The molecule has 1 spiro atoms. The first-order valence-electron chi connectivity index (χ1n) is 20.3. The number of hydrogen-bond donors (Lipinski definition) is 0. The Morgan fingerprint density at radius 1 is 0.356 bits per heavy atom. The lowest BCUT2D eigenvalue weighted by atomic mass is 9.70. The minimum atomic E-state index is -0.411. The van der Waals surface area contributed by atoms with Crippen LogP contribution in [0.1, 0.15) is 22.3 Å². The summed E-state index contributed by atoms with van der Waals surface area (Å²) >= 11 is 0. The lowest BCUT2D eigenvalue weighted by Crippen LogP contribution is -2.25. The van der Waals surface area contributed by atoms with Crippen molar-refractivity contribution in [2.45, 2.75) is 5.41 Å². The van der Waals surface area contributed by atoms with Crippen molar-refractivity contribution in [1.29, 1.82) is 0 Å². The van der Waals surface area contributed by atoms with E-state index in [-0.39, 0.29) is 0 Å². The Labute approximate surface area is 338 Å². The van der Waals surface area contributed by atoms with Crippen LogP contribution in [0, 0.1) is 0 Å². The zero-order chi connectivity index (χ0) is 38.4. The number of imidazole rings is 1. The molecule has 3 heterocycles. The smallest absolute Gasteiger partial charge is 0.221 e. The van der Waals surface area contributed by atoms with Gasteiger partial charge >= 0.3 is 0 Å². The topological polar surface area (TPSA) is 35.1 Å². The Morgan fingerprint density at radius 3 is 1.66 bits per heavy atom. The SMILES string of the molecule is c1ccc2c(c1)-c1ccccc1C21c2ccccc2-c2c(-c3cc4c5ccccc5n(-c5nc6ccccc6c6nc7ccccc7n56)c4c4ccccc34)cccc21. The van der Waals surface area contributed by atoms with Gasteiger partial charge in [-0.25, -0.2) is 9.97 Å². The van der Waals surface area contributed by atoms with Crippen molar-refractivity contribution in [2.24, 2.45) is 0 Å². The molecule has 0 radical (unpaired) electrons. The van der Waals surface area contributed by atoms with Gasteiger partial charge in [0.05, 0.1) is 33.0 Å². The maximum absolute atomic E-state index is 5.49. The van der Waals surface area contributed by atoms with Crippen LogP contribution in [-0.4, -0.2) is 18.9 Å². The lowest BCUT2D eigenvalue weighted by Gasteiger charge is -2.30. The first-order valence-corrected chi connectivity index (χ1v) is 20.3. The molecular weight excluding hydrogens is 717 g/mol. The van der Waals surface area contributed by atoms with E-state index >= 15 is 0 Å². The van der Waals surface area contributed by atoms with Crippen molar-refractivity contribution < 1.29 is 0 Å². The summed E-state index contributed by atoms with van der Waals surface area (Å²) in [4.78, 5) is 10.7. The van der Waals surface area contributed by atoms with E-state index in [0.717, 1.165) is 44.6 Å². The van der Waals surface area contributed by atoms with Gasteiger partial charge < -0.3 is 0 Å². The van der Waals surface area contributed by atoms with Gasteiger partial charge in [-0.05, 0) is 97.4 Å². The van der Waals surface area contributed by atoms with Crippen LogP contribution >= 0.6 is 0 Å². The number of nitrogens with zero attached hydrogens (tertiary/aromatic N) is 4. The molecule has 4 nitrogen and oxygen atoms in total. The van der Waals surface area contributed by atoms with Crippen molar-refractivity contribution in [3.63, 3.8) is 0 Å². The second-order valence-electron chi connectivity index (χ2n) is 16.0. The molecule has 0 N–H and O–H groups in total. The molecule has 2 aliphatic carbocycles. The van der Waals surface area contributed by atoms with E-state index in [1.807, 2.05) is 0 Å². The first-order chi connectivity index (χ1) is 29.3. The van der Waals surface area contributed by atoms with Gasteiger partial charge in [0.2, 0.25) is 5.95 Å². The van der Waals surface area contributed by atoms with E-state index in [9.17, 15) is 0 Å². The van der Waals surface area contributed by atoms with Gasteiger partial charge in [-0.15, -0.1) is 0 Å². The number of benzene rings is 9. The molecule has 14 rings (SSSR count). The molecule has 4 heteroatoms. The Morgan fingerprint density at radius 2 is 0.898 bits per heavy atom. The van der Waals surface area contributed by atoms with Crippen molar-refractivity contribution >= 4 is 60.2 Å². The molecule has 0 atom stereocenters. The predicted octanol–water partition coefficient (Wildman–Crippen LogP) is 13.3. The average molecular weight is 749 g/mol. The van der Waals surface area contributed by atoms with Crippen LogP contribution in [-0.2, 0) is 5.41 Å². The van der Waals surface area contributed by atoms with Gasteiger partial charge in [-0.3, -0.25) is 8.97 Å². The van der Waals surface area contributed by atoms with Crippen LogP contribution in [0.3, 0.4) is 0 Å². The van der Waals surface area contributed by atoms with Gasteiger partial charge in [0.25, 0.3) is 0 Å². The third kappa shape index (κ3) is 3.80. The Balaban J connectivity index is 1.12. The second kappa shape index (κ2) is 11.2. The van der Waals surface area contributed by atoms with Crippen molar-refractivity contribution in [2.75, 3.05) is 0 Å². The fourth-order valence-electron chi connectivity index (χ4n) is 11.1. The van der Waals surface area contributed by atoms with E-state index in [1.165, 1.54) is 77.2 Å². The van der Waals surface area contributed by atoms with Crippen molar-refractivity contribution in [3.05, 3.63) is 216 Å². The molecule has 3 aromatic heterocycles. The van der Waals surface area contributed by atoms with Gasteiger partial charge in [-0.1, -0.05) is 158 Å². The summed E-state index contributed by atoms with van der Waals surface area (Å²) in [6.45, 7) is 0. The molecule has 12 aromatic rings. The van der Waals surface area contributed by atoms with Gasteiger partial charge in [0, 0.05) is 21.5 Å². The summed E-state index contributed by atoms with van der Waals surface area (Å²) in [5.41, 5.74) is 18.7. The Hall–Kier alpha value is -7.82. The van der Waals surface area contributed by atoms with Gasteiger partial charge in [0.1, 0.15) is 5.65 Å². The monoisotopic (exact) mass is 748 g/mol. The van der Waals surface area contributed by atoms with E-state index < -0.39 is 5.41 Å². The lowest BCUT2D eigenvalue weighted by molar-refractivity contribution is 0.794. The quantitative estimate of drug-likeness (QED) is 0.176. The average Bonchev–Trinajstić information content (AvgIpc) is 4.03. The Kier molecular flexibility index (Phi) is 5.93. The fourth-order valence-corrected chi connectivity index (χ4v) is 11.1. The van der Waals surface area contributed by atoms with Gasteiger partial charge in [-0.2, -0.15) is 0 Å². The number of rotatable bonds is 2. The zero-order valence-electron chi connectivity index (χ0n) is 31.8. The standard InChI is InChI=1S/C55H32N4/c1-2-20-38-33(16-1)41(37-23-15-27-46-51(37)39-21-5-10-26-45(39)55(46)43-24-8-3-17-34(43)35-18-4-9-25-44(35)55)32-42-36-19-7-13-30-49(36)58(52(38)42)54-57-47-28-11-6-22-40(47)53-56-48-29-12-14-31-50(48)59(53)54/h1-32H. The maximum Gasteiger partial charge on any atom is 0.221 e. The third-order valence-corrected chi connectivity index (χ3v) is 13.3. The third-order valence-electron chi connectivity index (χ3n) is 13.3. The summed E-state index contributed by atoms with van der Waals surface area (Å²) in [6, 6.07) is 71.2. The normalized spacial score (nSPS) is 13.6. The zero-order valence-corrected chi connectivity index (χ0v) is 31.8. The molecule has 272 valence electrons. The van der Waals surface area contributed by atoms with E-state index in [0.29, 0.717) is 0 Å². The summed E-state index contributed by atoms with van der Waals surface area (Å²) in [5.74, 6) is 0.825. The first kappa shape index (κ1) is 31.3. The summed E-state index contributed by atoms with van der Waals surface area (Å²) in [6.07, 6.45) is 0. The number of aromatic nitrogens is 4. The minimum Gasteiger partial charge on any atom is -0.278 e.